The number of nitrogens with zero attached hydrogens (tertiary/aromatic N) is 3. The zero-order valence-corrected chi connectivity index (χ0v) is 26.3. The maximum atomic E-state index is 14.5. The molecule has 4 aromatic carbocycles. The number of halogens is 3. The van der Waals surface area contributed by atoms with E-state index in [0.29, 0.717) is 25.1 Å². The van der Waals surface area contributed by atoms with Crippen LogP contribution in [0.2, 0.25) is 0 Å². The molecule has 0 saturated heterocycles. The number of hydrogen-bond donors (Lipinski definition) is 0. The molecule has 2 amide bonds. The zero-order chi connectivity index (χ0) is 32.8. The molecule has 0 unspecified atom stereocenters. The van der Waals surface area contributed by atoms with Gasteiger partial charge in [-0.15, -0.1) is 11.3 Å². The number of fused-ring (bicyclic) bond motifs is 1. The predicted molar refractivity (Wildman–Crippen MR) is 178 cm³/mol. The average Bonchev–Trinajstić information content (AvgIpc) is 3.64. The molecule has 2 heterocycles. The second-order valence-corrected chi connectivity index (χ2v) is 12.3. The van der Waals surface area contributed by atoms with Crippen molar-refractivity contribution in [3.63, 3.8) is 0 Å². The molecule has 238 valence electrons. The summed E-state index contributed by atoms with van der Waals surface area (Å²) in [6.07, 6.45) is 1.14. The summed E-state index contributed by atoms with van der Waals surface area (Å²) in [6.45, 7) is 1.14. The van der Waals surface area contributed by atoms with E-state index in [9.17, 15) is 22.8 Å². The highest BCUT2D eigenvalue weighted by Crippen LogP contribution is 2.30. The van der Waals surface area contributed by atoms with Crippen LogP contribution >= 0.6 is 11.3 Å². The lowest BCUT2D eigenvalue weighted by Crippen LogP contribution is -2.52. The van der Waals surface area contributed by atoms with Gasteiger partial charge in [0, 0.05) is 49.3 Å². The predicted octanol–water partition coefficient (Wildman–Crippen LogP) is 8.07. The fourth-order valence-corrected chi connectivity index (χ4v) is 6.41. The Morgan fingerprint density at radius 2 is 1.57 bits per heavy atom. The summed E-state index contributed by atoms with van der Waals surface area (Å²) in [5.41, 5.74) is 4.67. The van der Waals surface area contributed by atoms with Crippen LogP contribution in [0, 0.1) is 0 Å². The Morgan fingerprint density at radius 3 is 2.26 bits per heavy atom. The molecule has 1 aromatic heterocycles. The summed E-state index contributed by atoms with van der Waals surface area (Å²) in [5.74, 6) is -0.570. The van der Waals surface area contributed by atoms with Gasteiger partial charge in [0.1, 0.15) is 11.0 Å². The molecule has 0 bridgehead atoms. The molecule has 0 spiro atoms. The van der Waals surface area contributed by atoms with Gasteiger partial charge in [-0.1, -0.05) is 91.0 Å². The van der Waals surface area contributed by atoms with E-state index in [4.69, 9.17) is 0 Å². The van der Waals surface area contributed by atoms with Crippen LogP contribution in [0.25, 0.3) is 16.6 Å². The van der Waals surface area contributed by atoms with Crippen molar-refractivity contribution in [2.75, 3.05) is 6.54 Å². The number of carbonyl (C=O) groups excluding carboxylic acids is 2. The van der Waals surface area contributed by atoms with E-state index in [1.54, 1.807) is 11.1 Å². The van der Waals surface area contributed by atoms with Gasteiger partial charge in [0.05, 0.1) is 5.56 Å². The first-order valence-corrected chi connectivity index (χ1v) is 16.2. The van der Waals surface area contributed by atoms with Crippen LogP contribution in [0.4, 0.5) is 13.2 Å². The van der Waals surface area contributed by atoms with E-state index < -0.39 is 23.7 Å². The second kappa shape index (κ2) is 14.2. The molecule has 9 heteroatoms. The lowest BCUT2D eigenvalue weighted by molar-refractivity contribution is -0.144. The van der Waals surface area contributed by atoms with Crippen molar-refractivity contribution in [1.82, 2.24) is 14.8 Å². The van der Waals surface area contributed by atoms with Crippen molar-refractivity contribution in [1.29, 1.82) is 0 Å². The fraction of sp³-hybridized carbons (Fsp3) is 0.184. The quantitative estimate of drug-likeness (QED) is 0.152. The number of rotatable bonds is 9. The average molecular weight is 652 g/mol. The van der Waals surface area contributed by atoms with Crippen molar-refractivity contribution in [3.05, 3.63) is 154 Å². The molecule has 1 atom stereocenters. The highest BCUT2D eigenvalue weighted by molar-refractivity contribution is 7.13. The second-order valence-electron chi connectivity index (χ2n) is 11.4. The van der Waals surface area contributed by atoms with Gasteiger partial charge in [-0.3, -0.25) is 9.59 Å². The SMILES string of the molecule is O=C([C@H](Cc1ccccc1)N(Cc1ccc(-c2nccs2)cc1)C(=O)/C=C/c1ccc(C(F)(F)F)cc1)N1CCc2ccccc2C1. The van der Waals surface area contributed by atoms with Gasteiger partial charge in [0.25, 0.3) is 0 Å². The maximum Gasteiger partial charge on any atom is 0.416 e. The summed E-state index contributed by atoms with van der Waals surface area (Å²) in [5, 5.41) is 2.79. The third-order valence-electron chi connectivity index (χ3n) is 8.30. The van der Waals surface area contributed by atoms with Crippen molar-refractivity contribution in [2.24, 2.45) is 0 Å². The summed E-state index contributed by atoms with van der Waals surface area (Å²) in [7, 11) is 0. The van der Waals surface area contributed by atoms with Crippen LogP contribution in [-0.2, 0) is 41.7 Å². The first kappa shape index (κ1) is 31.9. The highest BCUT2D eigenvalue weighted by atomic mass is 32.1. The first-order chi connectivity index (χ1) is 22.7. The lowest BCUT2D eigenvalue weighted by atomic mass is 9.97. The molecule has 0 radical (unpaired) electrons. The zero-order valence-electron chi connectivity index (χ0n) is 25.4. The molecule has 0 aliphatic carbocycles. The number of hydrogen-bond acceptors (Lipinski definition) is 4. The van der Waals surface area contributed by atoms with E-state index in [-0.39, 0.29) is 12.5 Å². The van der Waals surface area contributed by atoms with Crippen LogP contribution in [0.5, 0.6) is 0 Å². The minimum Gasteiger partial charge on any atom is -0.336 e. The Balaban J connectivity index is 1.33. The van der Waals surface area contributed by atoms with E-state index in [2.05, 4.69) is 11.1 Å². The Morgan fingerprint density at radius 1 is 0.872 bits per heavy atom. The standard InChI is InChI=1S/C38H32F3N3O2S/c39-38(40,41)33-17-12-27(13-18-33)14-19-35(45)44(25-29-10-15-31(16-11-29)36-42-21-23-47-36)34(24-28-6-2-1-3-7-28)37(46)43-22-20-30-8-4-5-9-32(30)26-43/h1-19,21,23,34H,20,22,24-26H2/b19-14+/t34-/m0/s1. The Bertz CT molecular complexity index is 1840. The summed E-state index contributed by atoms with van der Waals surface area (Å²) >= 11 is 1.53. The van der Waals surface area contributed by atoms with Crippen molar-refractivity contribution in [2.45, 2.75) is 38.1 Å². The van der Waals surface area contributed by atoms with E-state index in [0.717, 1.165) is 45.8 Å². The molecule has 6 rings (SSSR count). The van der Waals surface area contributed by atoms with Gasteiger partial charge < -0.3 is 9.80 Å². The Kier molecular flexibility index (Phi) is 9.63. The third-order valence-corrected chi connectivity index (χ3v) is 9.12. The fourth-order valence-electron chi connectivity index (χ4n) is 5.77. The van der Waals surface area contributed by atoms with Crippen LogP contribution in [0.1, 0.15) is 33.4 Å². The van der Waals surface area contributed by atoms with E-state index >= 15 is 0 Å². The van der Waals surface area contributed by atoms with Crippen molar-refractivity contribution >= 4 is 29.2 Å². The lowest BCUT2D eigenvalue weighted by Gasteiger charge is -2.37. The molecule has 0 fully saturated rings. The van der Waals surface area contributed by atoms with Gasteiger partial charge in [0.15, 0.2) is 0 Å². The van der Waals surface area contributed by atoms with Gasteiger partial charge in [-0.05, 0) is 52.4 Å². The molecule has 1 aliphatic rings. The molecular weight excluding hydrogens is 619 g/mol. The summed E-state index contributed by atoms with van der Waals surface area (Å²) in [6, 6.07) is 29.2. The molecule has 47 heavy (non-hydrogen) atoms. The largest absolute Gasteiger partial charge is 0.416 e. The number of carbonyl (C=O) groups is 2. The Hall–Kier alpha value is -5.02. The highest BCUT2D eigenvalue weighted by Gasteiger charge is 2.34. The minimum atomic E-state index is -4.45. The molecule has 1 aliphatic heterocycles. The maximum absolute atomic E-state index is 14.5. The molecule has 0 saturated carbocycles. The topological polar surface area (TPSA) is 53.5 Å². The van der Waals surface area contributed by atoms with Gasteiger partial charge in [-0.25, -0.2) is 4.98 Å². The monoisotopic (exact) mass is 651 g/mol. The molecule has 5 nitrogen and oxygen atoms in total. The normalized spacial score (nSPS) is 13.7. The third kappa shape index (κ3) is 7.86. The van der Waals surface area contributed by atoms with Crippen LogP contribution in [-0.4, -0.2) is 39.2 Å². The minimum absolute atomic E-state index is 0.154. The van der Waals surface area contributed by atoms with E-state index in [1.807, 2.05) is 83.1 Å². The van der Waals surface area contributed by atoms with Gasteiger partial charge >= 0.3 is 6.18 Å². The van der Waals surface area contributed by atoms with Gasteiger partial charge in [-0.2, -0.15) is 13.2 Å². The smallest absolute Gasteiger partial charge is 0.336 e. The molecule has 5 aromatic rings. The summed E-state index contributed by atoms with van der Waals surface area (Å²) in [4.78, 5) is 36.3. The van der Waals surface area contributed by atoms with Crippen molar-refractivity contribution < 1.29 is 22.8 Å². The van der Waals surface area contributed by atoms with Crippen LogP contribution in [0.15, 0.2) is 121 Å². The van der Waals surface area contributed by atoms with Crippen molar-refractivity contribution in [3.8, 4) is 10.6 Å². The van der Waals surface area contributed by atoms with Crippen LogP contribution in [0.3, 0.4) is 0 Å². The number of benzene rings is 4. The number of amides is 2. The number of thiazole rings is 1. The number of aromatic nitrogens is 1. The molecular formula is C38H32F3N3O2S. The number of alkyl halides is 3. The van der Waals surface area contributed by atoms with Gasteiger partial charge in [0.2, 0.25) is 11.8 Å². The van der Waals surface area contributed by atoms with E-state index in [1.165, 1.54) is 41.2 Å². The molecule has 0 N–H and O–H groups in total. The first-order valence-electron chi connectivity index (χ1n) is 15.3. The summed E-state index contributed by atoms with van der Waals surface area (Å²) < 4.78 is 39.3. The Labute approximate surface area is 275 Å². The van der Waals surface area contributed by atoms with Crippen LogP contribution < -0.4 is 0 Å².